The van der Waals surface area contributed by atoms with Crippen LogP contribution in [0.3, 0.4) is 0 Å². The Morgan fingerprint density at radius 1 is 1.00 bits per heavy atom. The van der Waals surface area contributed by atoms with Crippen molar-refractivity contribution in [3.05, 3.63) is 38.6 Å². The largest absolute Gasteiger partial charge is 0.610 e. The summed E-state index contributed by atoms with van der Waals surface area (Å²) in [5.74, 6) is -9.54. The van der Waals surface area contributed by atoms with E-state index in [0.29, 0.717) is 0 Å². The molecule has 0 heterocycles. The zero-order valence-corrected chi connectivity index (χ0v) is 16.0. The maximum Gasteiger partial charge on any atom is 0.465 e. The standard InChI is InChI=1S/C10H6F6INO7S2/c11-8(12,10(15,16)27(23,24)25)9(13,14)26(21,22)18(20)7(19)5-3-1-2-4-6(5)17/h1-4,18H,(H,23,24,25). The average Bonchev–Trinajstić information content (AvgIpc) is 2.52. The first kappa shape index (κ1) is 24.0. The van der Waals surface area contributed by atoms with Gasteiger partial charge in [-0.25, -0.2) is 4.79 Å². The van der Waals surface area contributed by atoms with Gasteiger partial charge in [0.05, 0.1) is 5.56 Å². The maximum absolute atomic E-state index is 13.7. The van der Waals surface area contributed by atoms with Gasteiger partial charge in [-0.1, -0.05) is 12.1 Å². The molecule has 1 amide bonds. The van der Waals surface area contributed by atoms with Crippen LogP contribution < -0.4 is 4.47 Å². The number of sulfonamides is 1. The van der Waals surface area contributed by atoms with E-state index in [0.717, 1.165) is 18.2 Å². The van der Waals surface area contributed by atoms with Crippen molar-refractivity contribution in [2.75, 3.05) is 0 Å². The summed E-state index contributed by atoms with van der Waals surface area (Å²) >= 11 is 1.36. The molecule has 8 nitrogen and oxygen atoms in total. The van der Waals surface area contributed by atoms with Gasteiger partial charge in [-0.05, 0) is 34.7 Å². The highest BCUT2D eigenvalue weighted by atomic mass is 127. The Kier molecular flexibility index (Phi) is 6.32. The molecule has 1 atom stereocenters. The molecule has 1 aromatic rings. The minimum atomic E-state index is -7.33. The van der Waals surface area contributed by atoms with Crippen molar-refractivity contribution in [1.82, 2.24) is 0 Å². The van der Waals surface area contributed by atoms with Crippen molar-refractivity contribution >= 4 is 48.6 Å². The van der Waals surface area contributed by atoms with Crippen LogP contribution in [0, 0.1) is 8.78 Å². The number of nitrogens with one attached hydrogen (secondary N) is 1. The molecule has 2 N–H and O–H groups in total. The molecule has 0 fully saturated rings. The van der Waals surface area contributed by atoms with Crippen LogP contribution in [0.2, 0.25) is 0 Å². The zero-order chi connectivity index (χ0) is 21.6. The third kappa shape index (κ3) is 3.67. The van der Waals surface area contributed by atoms with Crippen LogP contribution in [0.1, 0.15) is 10.4 Å². The lowest BCUT2D eigenvalue weighted by atomic mass is 10.2. The molecule has 0 saturated heterocycles. The van der Waals surface area contributed by atoms with Crippen molar-refractivity contribution in [3.8, 4) is 0 Å². The highest BCUT2D eigenvalue weighted by Crippen LogP contribution is 2.49. The summed E-state index contributed by atoms with van der Waals surface area (Å²) in [4.78, 5) is 11.8. The summed E-state index contributed by atoms with van der Waals surface area (Å²) in [6, 6.07) is 4.19. The number of hydrogen-bond donors (Lipinski definition) is 2. The number of carbonyl (C=O) groups is 1. The molecule has 0 radical (unpaired) electrons. The molecular weight excluding hydrogens is 551 g/mol. The van der Waals surface area contributed by atoms with Crippen LogP contribution >= 0.6 is 22.6 Å². The van der Waals surface area contributed by atoms with Gasteiger partial charge in [0.25, 0.3) is 0 Å². The number of hydrogen-bond acceptors (Lipinski definition) is 6. The summed E-state index contributed by atoms with van der Waals surface area (Å²) in [6.45, 7) is 0. The zero-order valence-electron chi connectivity index (χ0n) is 12.2. The van der Waals surface area contributed by atoms with E-state index < -0.39 is 52.5 Å². The third-order valence-electron chi connectivity index (χ3n) is 2.94. The fourth-order valence-electron chi connectivity index (χ4n) is 1.49. The number of alkyl halides is 6. The highest BCUT2D eigenvalue weighted by molar-refractivity contribution is 14.1. The molecule has 0 spiro atoms. The Morgan fingerprint density at radius 3 is 1.85 bits per heavy atom. The van der Waals surface area contributed by atoms with E-state index in [1.165, 1.54) is 28.7 Å². The molecule has 0 aliphatic carbocycles. The van der Waals surface area contributed by atoms with Crippen LogP contribution in [-0.4, -0.2) is 43.7 Å². The summed E-state index contributed by atoms with van der Waals surface area (Å²) in [5, 5.41) is -2.49. The molecule has 0 aliphatic heterocycles. The molecule has 17 heteroatoms. The average molecular weight is 557 g/mol. The monoisotopic (exact) mass is 557 g/mol. The van der Waals surface area contributed by atoms with Gasteiger partial charge in [-0.3, -0.25) is 4.55 Å². The van der Waals surface area contributed by atoms with Crippen LogP contribution in [0.5, 0.6) is 0 Å². The van der Waals surface area contributed by atoms with E-state index in [9.17, 15) is 53.2 Å². The van der Waals surface area contributed by atoms with Crippen LogP contribution in [0.4, 0.5) is 26.3 Å². The number of halogens is 7. The molecule has 0 aromatic heterocycles. The van der Waals surface area contributed by atoms with Gasteiger partial charge < -0.3 is 5.21 Å². The van der Waals surface area contributed by atoms with E-state index in [4.69, 9.17) is 4.55 Å². The number of quaternary nitrogens is 1. The van der Waals surface area contributed by atoms with Crippen LogP contribution in [0.15, 0.2) is 24.3 Å². The third-order valence-corrected chi connectivity index (χ3v) is 6.39. The second kappa shape index (κ2) is 7.10. The first-order valence-electron chi connectivity index (χ1n) is 6.02. The van der Waals surface area contributed by atoms with Crippen molar-refractivity contribution in [1.29, 1.82) is 0 Å². The lowest BCUT2D eigenvalue weighted by Crippen LogP contribution is -3.14. The van der Waals surface area contributed by atoms with Crippen LogP contribution in [-0.2, 0) is 20.1 Å². The molecule has 0 aliphatic rings. The van der Waals surface area contributed by atoms with Crippen molar-refractivity contribution in [3.63, 3.8) is 0 Å². The number of hydroxylamine groups is 1. The molecule has 1 aromatic carbocycles. The Balaban J connectivity index is 3.52. The van der Waals surface area contributed by atoms with E-state index in [2.05, 4.69) is 0 Å². The summed E-state index contributed by atoms with van der Waals surface area (Å²) in [7, 11) is -14.6. The molecule has 154 valence electrons. The Labute approximate surface area is 160 Å². The first-order chi connectivity index (χ1) is 11.8. The Morgan fingerprint density at radius 2 is 1.44 bits per heavy atom. The van der Waals surface area contributed by atoms with Crippen LogP contribution in [0.25, 0.3) is 0 Å². The second-order valence-electron chi connectivity index (χ2n) is 4.68. The second-order valence-corrected chi connectivity index (χ2v) is 9.20. The fraction of sp³-hybridized carbons (Fsp3) is 0.300. The molecule has 1 rings (SSSR count). The van der Waals surface area contributed by atoms with E-state index in [1.54, 1.807) is 0 Å². The summed E-state index contributed by atoms with van der Waals surface area (Å²) in [6.07, 6.45) is 0. The van der Waals surface area contributed by atoms with Gasteiger partial charge >= 0.3 is 42.5 Å². The van der Waals surface area contributed by atoms with Crippen molar-refractivity contribution < 1.29 is 57.0 Å². The van der Waals surface area contributed by atoms with E-state index in [1.807, 2.05) is 0 Å². The fourth-order valence-corrected chi connectivity index (χ4v) is 3.70. The van der Waals surface area contributed by atoms with Gasteiger partial charge in [0.2, 0.25) is 0 Å². The maximum atomic E-state index is 13.7. The van der Waals surface area contributed by atoms with Crippen molar-refractivity contribution in [2.24, 2.45) is 0 Å². The Hall–Kier alpha value is -1.02. The quantitative estimate of drug-likeness (QED) is 0.230. The number of carbonyl (C=O) groups excluding carboxylic acids is 1. The van der Waals surface area contributed by atoms with Gasteiger partial charge in [0.1, 0.15) is 0 Å². The molecule has 0 bridgehead atoms. The summed E-state index contributed by atoms with van der Waals surface area (Å²) < 4.78 is 128. The molecule has 27 heavy (non-hydrogen) atoms. The smallest absolute Gasteiger partial charge is 0.465 e. The minimum absolute atomic E-state index is 0.165. The topological polar surface area (TPSA) is 133 Å². The van der Waals surface area contributed by atoms with E-state index in [-0.39, 0.29) is 3.57 Å². The first-order valence-corrected chi connectivity index (χ1v) is 10.0. The number of amides is 1. The number of rotatable bonds is 6. The Bertz CT molecular complexity index is 966. The van der Waals surface area contributed by atoms with E-state index >= 15 is 0 Å². The number of benzene rings is 1. The normalized spacial score (nSPS) is 15.4. The predicted molar refractivity (Wildman–Crippen MR) is 83.1 cm³/mol. The minimum Gasteiger partial charge on any atom is -0.610 e. The SMILES string of the molecule is O=C(c1ccccc1I)[NH+]([O-])S(=O)(=O)C(F)(F)C(F)(F)C(F)(F)S(=O)(=O)O. The van der Waals surface area contributed by atoms with Gasteiger partial charge in [0.15, 0.2) is 0 Å². The predicted octanol–water partition coefficient (Wildman–Crippen LogP) is 0.853. The lowest BCUT2D eigenvalue weighted by molar-refractivity contribution is -0.612. The lowest BCUT2D eigenvalue weighted by Gasteiger charge is -2.32. The molecular formula is C10H6F6INO7S2. The van der Waals surface area contributed by atoms with Crippen molar-refractivity contribution in [2.45, 2.75) is 16.4 Å². The summed E-state index contributed by atoms with van der Waals surface area (Å²) in [5.41, 5.74) is -0.813. The van der Waals surface area contributed by atoms with Gasteiger partial charge in [-0.15, -0.1) is 0 Å². The molecule has 1 unspecified atom stereocenters. The molecule has 0 saturated carbocycles. The highest BCUT2D eigenvalue weighted by Gasteiger charge is 2.84. The van der Waals surface area contributed by atoms with Gasteiger partial charge in [0, 0.05) is 3.57 Å². The van der Waals surface area contributed by atoms with Gasteiger partial charge in [-0.2, -0.15) is 47.6 Å².